The fourth-order valence-corrected chi connectivity index (χ4v) is 1.68. The van der Waals surface area contributed by atoms with Crippen LogP contribution in [0.1, 0.15) is 19.3 Å². The summed E-state index contributed by atoms with van der Waals surface area (Å²) in [5.74, 6) is 0.0124. The summed E-state index contributed by atoms with van der Waals surface area (Å²) in [6, 6.07) is 7.38. The number of anilines is 1. The van der Waals surface area contributed by atoms with Gasteiger partial charge in [0.25, 0.3) is 0 Å². The van der Waals surface area contributed by atoms with Crippen molar-refractivity contribution in [1.29, 1.82) is 0 Å². The van der Waals surface area contributed by atoms with Crippen molar-refractivity contribution >= 4 is 11.6 Å². The maximum Gasteiger partial charge on any atom is 0.224 e. The van der Waals surface area contributed by atoms with Crippen LogP contribution in [-0.4, -0.2) is 27.4 Å². The van der Waals surface area contributed by atoms with Gasteiger partial charge in [0.15, 0.2) is 0 Å². The maximum atomic E-state index is 11.6. The Labute approximate surface area is 111 Å². The van der Waals surface area contributed by atoms with Crippen LogP contribution in [-0.2, 0) is 4.79 Å². The first-order valence-corrected chi connectivity index (χ1v) is 6.26. The zero-order valence-corrected chi connectivity index (χ0v) is 10.6. The lowest BCUT2D eigenvalue weighted by atomic mass is 10.2. The van der Waals surface area contributed by atoms with Gasteiger partial charge in [-0.1, -0.05) is 0 Å². The molecule has 100 valence electrons. The van der Waals surface area contributed by atoms with Crippen LogP contribution in [0.2, 0.25) is 0 Å². The van der Waals surface area contributed by atoms with E-state index in [4.69, 9.17) is 5.73 Å². The molecule has 0 fully saturated rings. The number of nitrogens with two attached hydrogens (primary N) is 1. The van der Waals surface area contributed by atoms with Gasteiger partial charge >= 0.3 is 0 Å². The minimum atomic E-state index is 0.0124. The van der Waals surface area contributed by atoms with Gasteiger partial charge in [-0.05, 0) is 43.7 Å². The molecule has 0 saturated carbocycles. The SMILES string of the molecule is NCCCCC(=O)Nc1ccc(-n2nccn2)cc1. The van der Waals surface area contributed by atoms with E-state index in [0.717, 1.165) is 24.2 Å². The molecule has 6 heteroatoms. The molecule has 0 aliphatic carbocycles. The fraction of sp³-hybridized carbons (Fsp3) is 0.308. The molecular formula is C13H17N5O. The molecule has 0 atom stereocenters. The summed E-state index contributed by atoms with van der Waals surface area (Å²) < 4.78 is 0. The molecule has 3 N–H and O–H groups in total. The van der Waals surface area contributed by atoms with Gasteiger partial charge in [-0.15, -0.1) is 0 Å². The van der Waals surface area contributed by atoms with Crippen LogP contribution in [0.5, 0.6) is 0 Å². The van der Waals surface area contributed by atoms with Gasteiger partial charge in [-0.25, -0.2) is 0 Å². The zero-order valence-electron chi connectivity index (χ0n) is 10.6. The molecule has 2 aromatic rings. The molecule has 1 aromatic heterocycles. The van der Waals surface area contributed by atoms with E-state index >= 15 is 0 Å². The minimum Gasteiger partial charge on any atom is -0.330 e. The van der Waals surface area contributed by atoms with Gasteiger partial charge in [-0.2, -0.15) is 15.0 Å². The largest absolute Gasteiger partial charge is 0.330 e. The number of hydrogen-bond acceptors (Lipinski definition) is 4. The molecule has 0 aliphatic rings. The lowest BCUT2D eigenvalue weighted by Crippen LogP contribution is -2.12. The fourth-order valence-electron chi connectivity index (χ4n) is 1.68. The average molecular weight is 259 g/mol. The summed E-state index contributed by atoms with van der Waals surface area (Å²) in [4.78, 5) is 13.1. The molecule has 1 amide bonds. The molecule has 0 radical (unpaired) electrons. The van der Waals surface area contributed by atoms with Crippen molar-refractivity contribution < 1.29 is 4.79 Å². The smallest absolute Gasteiger partial charge is 0.224 e. The summed E-state index contributed by atoms with van der Waals surface area (Å²) in [5.41, 5.74) is 7.01. The monoisotopic (exact) mass is 259 g/mol. The number of hydrogen-bond donors (Lipinski definition) is 2. The highest BCUT2D eigenvalue weighted by molar-refractivity contribution is 5.90. The van der Waals surface area contributed by atoms with E-state index in [1.165, 1.54) is 4.80 Å². The van der Waals surface area contributed by atoms with E-state index in [9.17, 15) is 4.79 Å². The first-order valence-electron chi connectivity index (χ1n) is 6.26. The Morgan fingerprint density at radius 2 is 1.84 bits per heavy atom. The Hall–Kier alpha value is -2.21. The third kappa shape index (κ3) is 3.89. The van der Waals surface area contributed by atoms with Crippen molar-refractivity contribution in [3.63, 3.8) is 0 Å². The molecule has 0 bridgehead atoms. The van der Waals surface area contributed by atoms with Crippen LogP contribution in [0.4, 0.5) is 5.69 Å². The normalized spacial score (nSPS) is 10.4. The van der Waals surface area contributed by atoms with Crippen molar-refractivity contribution in [2.24, 2.45) is 5.73 Å². The van der Waals surface area contributed by atoms with Crippen LogP contribution in [0.25, 0.3) is 5.69 Å². The van der Waals surface area contributed by atoms with Crippen molar-refractivity contribution in [2.45, 2.75) is 19.3 Å². The van der Waals surface area contributed by atoms with Crippen LogP contribution in [0, 0.1) is 0 Å². The summed E-state index contributed by atoms with van der Waals surface area (Å²) in [7, 11) is 0. The maximum absolute atomic E-state index is 11.6. The highest BCUT2D eigenvalue weighted by atomic mass is 16.1. The molecule has 6 nitrogen and oxygen atoms in total. The number of carbonyl (C=O) groups is 1. The average Bonchev–Trinajstić information content (AvgIpc) is 2.94. The predicted octanol–water partition coefficient (Wildman–Crippen LogP) is 1.33. The van der Waals surface area contributed by atoms with E-state index in [1.54, 1.807) is 12.4 Å². The lowest BCUT2D eigenvalue weighted by Gasteiger charge is -2.06. The van der Waals surface area contributed by atoms with Gasteiger partial charge in [-0.3, -0.25) is 4.79 Å². The van der Waals surface area contributed by atoms with E-state index in [-0.39, 0.29) is 5.91 Å². The number of nitrogens with one attached hydrogen (secondary N) is 1. The van der Waals surface area contributed by atoms with Crippen molar-refractivity contribution in [2.75, 3.05) is 11.9 Å². The molecule has 2 rings (SSSR count). The van der Waals surface area contributed by atoms with Crippen molar-refractivity contribution in [1.82, 2.24) is 15.0 Å². The number of amides is 1. The quantitative estimate of drug-likeness (QED) is 0.766. The second-order valence-electron chi connectivity index (χ2n) is 4.16. The van der Waals surface area contributed by atoms with Crippen LogP contribution >= 0.6 is 0 Å². The predicted molar refractivity (Wildman–Crippen MR) is 72.9 cm³/mol. The minimum absolute atomic E-state index is 0.0124. The molecular weight excluding hydrogens is 242 g/mol. The van der Waals surface area contributed by atoms with E-state index in [2.05, 4.69) is 15.5 Å². The second-order valence-corrected chi connectivity index (χ2v) is 4.16. The van der Waals surface area contributed by atoms with Crippen molar-refractivity contribution in [3.8, 4) is 5.69 Å². The first kappa shape index (κ1) is 13.2. The third-order valence-electron chi connectivity index (χ3n) is 2.66. The van der Waals surface area contributed by atoms with Gasteiger partial charge in [0.05, 0.1) is 18.1 Å². The van der Waals surface area contributed by atoms with E-state index < -0.39 is 0 Å². The summed E-state index contributed by atoms with van der Waals surface area (Å²) in [6.45, 7) is 0.624. The molecule has 1 heterocycles. The molecule has 19 heavy (non-hydrogen) atoms. The Kier molecular flexibility index (Phi) is 4.63. The lowest BCUT2D eigenvalue weighted by molar-refractivity contribution is -0.116. The number of unbranched alkanes of at least 4 members (excludes halogenated alkanes) is 1. The zero-order chi connectivity index (χ0) is 13.5. The third-order valence-corrected chi connectivity index (χ3v) is 2.66. The molecule has 1 aromatic carbocycles. The van der Waals surface area contributed by atoms with Crippen LogP contribution in [0.15, 0.2) is 36.7 Å². The van der Waals surface area contributed by atoms with Crippen LogP contribution in [0.3, 0.4) is 0 Å². The number of aromatic nitrogens is 3. The highest BCUT2D eigenvalue weighted by Gasteiger charge is 2.03. The van der Waals surface area contributed by atoms with E-state index in [1.807, 2.05) is 24.3 Å². The van der Waals surface area contributed by atoms with Crippen LogP contribution < -0.4 is 11.1 Å². The standard InChI is InChI=1S/C13H17N5O/c14-8-2-1-3-13(19)17-11-4-6-12(7-5-11)18-15-9-10-16-18/h4-7,9-10H,1-3,8,14H2,(H,17,19). The number of nitrogens with zero attached hydrogens (tertiary/aromatic N) is 3. The Balaban J connectivity index is 1.90. The molecule has 0 aliphatic heterocycles. The Bertz CT molecular complexity index is 506. The topological polar surface area (TPSA) is 85.8 Å². The summed E-state index contributed by atoms with van der Waals surface area (Å²) in [5, 5.41) is 10.9. The molecule has 0 spiro atoms. The summed E-state index contributed by atoms with van der Waals surface area (Å²) in [6.07, 6.45) is 5.43. The molecule has 0 unspecified atom stereocenters. The second kappa shape index (κ2) is 6.65. The highest BCUT2D eigenvalue weighted by Crippen LogP contribution is 2.12. The van der Waals surface area contributed by atoms with E-state index in [0.29, 0.717) is 13.0 Å². The van der Waals surface area contributed by atoms with Gasteiger partial charge in [0.2, 0.25) is 5.91 Å². The number of carbonyl (C=O) groups excluding carboxylic acids is 1. The number of rotatable bonds is 6. The Morgan fingerprint density at radius 3 is 2.47 bits per heavy atom. The van der Waals surface area contributed by atoms with Gasteiger partial charge in [0, 0.05) is 12.1 Å². The number of benzene rings is 1. The van der Waals surface area contributed by atoms with Gasteiger partial charge in [0.1, 0.15) is 0 Å². The summed E-state index contributed by atoms with van der Waals surface area (Å²) >= 11 is 0. The van der Waals surface area contributed by atoms with Gasteiger partial charge < -0.3 is 11.1 Å². The molecule has 0 saturated heterocycles. The first-order chi connectivity index (χ1) is 9.29. The Morgan fingerprint density at radius 1 is 1.16 bits per heavy atom. The van der Waals surface area contributed by atoms with Crippen molar-refractivity contribution in [3.05, 3.63) is 36.7 Å².